The van der Waals surface area contributed by atoms with Crippen LogP contribution in [0.2, 0.25) is 0 Å². The Morgan fingerprint density at radius 3 is 1.97 bits per heavy atom. The normalized spacial score (nSPS) is 17.3. The quantitative estimate of drug-likeness (QED) is 0.142. The lowest BCUT2D eigenvalue weighted by atomic mass is 9.93. The number of anilines is 1. The van der Waals surface area contributed by atoms with Crippen LogP contribution in [0.25, 0.3) is 5.76 Å². The van der Waals surface area contributed by atoms with Crippen molar-refractivity contribution < 1.29 is 19.6 Å². The number of amides is 1. The number of aliphatic hydroxyl groups is 1. The molecule has 1 N–H and O–H groups in total. The monoisotopic (exact) mass is 484 g/mol. The van der Waals surface area contributed by atoms with Crippen LogP contribution in [0, 0.1) is 10.1 Å². The Morgan fingerprint density at radius 2 is 1.44 bits per heavy atom. The van der Waals surface area contributed by atoms with Gasteiger partial charge in [0.1, 0.15) is 5.76 Å². The number of hydrogen-bond acceptors (Lipinski definition) is 5. The molecule has 3 aromatic carbocycles. The van der Waals surface area contributed by atoms with E-state index in [2.05, 4.69) is 27.7 Å². The lowest BCUT2D eigenvalue weighted by molar-refractivity contribution is -0.384. The Hall–Kier alpha value is -4.26. The molecule has 1 atom stereocenters. The third-order valence-electron chi connectivity index (χ3n) is 6.53. The first-order valence-electron chi connectivity index (χ1n) is 11.9. The number of nitro groups is 1. The summed E-state index contributed by atoms with van der Waals surface area (Å²) in [6, 6.07) is 19.5. The fourth-order valence-electron chi connectivity index (χ4n) is 4.42. The maximum Gasteiger partial charge on any atom is 0.300 e. The smallest absolute Gasteiger partial charge is 0.300 e. The van der Waals surface area contributed by atoms with Gasteiger partial charge in [-0.1, -0.05) is 76.2 Å². The van der Waals surface area contributed by atoms with Crippen molar-refractivity contribution in [3.8, 4) is 0 Å². The highest BCUT2D eigenvalue weighted by atomic mass is 16.6. The molecule has 1 amide bonds. The standard InChI is InChI=1S/C29H28N2O5/c1-17(2)19-8-10-21(11-9-19)26-25(27(32)22-6-5-7-24(16-22)31(35)36)28(33)29(34)30(26)23-14-12-20(13-15-23)18(3)4/h5-18,26,32H,1-4H3/b27-25-. The fraction of sp³-hybridized carbons (Fsp3) is 0.241. The summed E-state index contributed by atoms with van der Waals surface area (Å²) in [5.41, 5.74) is 3.12. The Morgan fingerprint density at radius 1 is 0.889 bits per heavy atom. The zero-order valence-corrected chi connectivity index (χ0v) is 20.6. The minimum absolute atomic E-state index is 0.0983. The molecule has 0 bridgehead atoms. The van der Waals surface area contributed by atoms with Gasteiger partial charge in [-0.2, -0.15) is 0 Å². The largest absolute Gasteiger partial charge is 0.507 e. The molecule has 36 heavy (non-hydrogen) atoms. The number of carbonyl (C=O) groups is 2. The van der Waals surface area contributed by atoms with Crippen LogP contribution >= 0.6 is 0 Å². The predicted octanol–water partition coefficient (Wildman–Crippen LogP) is 6.47. The molecule has 3 aromatic rings. The van der Waals surface area contributed by atoms with Gasteiger partial charge in [0.2, 0.25) is 0 Å². The van der Waals surface area contributed by atoms with E-state index in [0.717, 1.165) is 11.1 Å². The van der Waals surface area contributed by atoms with E-state index >= 15 is 0 Å². The minimum atomic E-state index is -0.893. The van der Waals surface area contributed by atoms with E-state index in [4.69, 9.17) is 0 Å². The van der Waals surface area contributed by atoms with Crippen molar-refractivity contribution in [3.05, 3.63) is 111 Å². The molecule has 1 fully saturated rings. The molecule has 1 aliphatic heterocycles. The number of aliphatic hydroxyl groups excluding tert-OH is 1. The van der Waals surface area contributed by atoms with Crippen LogP contribution in [-0.2, 0) is 9.59 Å². The van der Waals surface area contributed by atoms with E-state index in [0.29, 0.717) is 23.1 Å². The van der Waals surface area contributed by atoms with E-state index in [1.54, 1.807) is 12.1 Å². The van der Waals surface area contributed by atoms with Gasteiger partial charge in [0.15, 0.2) is 0 Å². The number of rotatable bonds is 6. The van der Waals surface area contributed by atoms with Crippen LogP contribution in [0.15, 0.2) is 78.4 Å². The van der Waals surface area contributed by atoms with Crippen molar-refractivity contribution in [1.29, 1.82) is 0 Å². The van der Waals surface area contributed by atoms with Gasteiger partial charge in [0.25, 0.3) is 17.4 Å². The van der Waals surface area contributed by atoms with Crippen molar-refractivity contribution in [1.82, 2.24) is 0 Å². The summed E-state index contributed by atoms with van der Waals surface area (Å²) < 4.78 is 0. The van der Waals surface area contributed by atoms with Crippen LogP contribution < -0.4 is 4.90 Å². The first-order chi connectivity index (χ1) is 17.1. The van der Waals surface area contributed by atoms with Gasteiger partial charge in [-0.25, -0.2) is 0 Å². The summed E-state index contributed by atoms with van der Waals surface area (Å²) in [7, 11) is 0. The Labute approximate surface area is 209 Å². The van der Waals surface area contributed by atoms with Crippen LogP contribution in [0.5, 0.6) is 0 Å². The highest BCUT2D eigenvalue weighted by molar-refractivity contribution is 6.51. The Bertz CT molecular complexity index is 1360. The van der Waals surface area contributed by atoms with E-state index in [1.807, 2.05) is 36.4 Å². The molecule has 7 heteroatoms. The molecule has 7 nitrogen and oxygen atoms in total. The highest BCUT2D eigenvalue weighted by Gasteiger charge is 2.47. The zero-order valence-electron chi connectivity index (χ0n) is 20.6. The molecule has 0 aliphatic carbocycles. The van der Waals surface area contributed by atoms with E-state index in [9.17, 15) is 24.8 Å². The SMILES string of the molecule is CC(C)c1ccc(C2/C(=C(/O)c3cccc([N+](=O)[O-])c3)C(=O)C(=O)N2c2ccc(C(C)C)cc2)cc1. The molecular formula is C29H28N2O5. The molecule has 0 aromatic heterocycles. The van der Waals surface area contributed by atoms with Crippen molar-refractivity contribution in [3.63, 3.8) is 0 Å². The van der Waals surface area contributed by atoms with Crippen LogP contribution in [-0.4, -0.2) is 21.7 Å². The van der Waals surface area contributed by atoms with Gasteiger partial charge < -0.3 is 5.11 Å². The molecule has 0 radical (unpaired) electrons. The first-order valence-corrected chi connectivity index (χ1v) is 11.9. The minimum Gasteiger partial charge on any atom is -0.507 e. The van der Waals surface area contributed by atoms with Gasteiger partial charge >= 0.3 is 0 Å². The molecule has 1 heterocycles. The Kier molecular flexibility index (Phi) is 6.75. The lowest BCUT2D eigenvalue weighted by Crippen LogP contribution is -2.29. The maximum absolute atomic E-state index is 13.3. The number of hydrogen-bond donors (Lipinski definition) is 1. The van der Waals surface area contributed by atoms with Crippen LogP contribution in [0.4, 0.5) is 11.4 Å². The zero-order chi connectivity index (χ0) is 26.1. The molecule has 184 valence electrons. The van der Waals surface area contributed by atoms with Gasteiger partial charge in [0.05, 0.1) is 16.5 Å². The molecule has 4 rings (SSSR count). The maximum atomic E-state index is 13.3. The van der Waals surface area contributed by atoms with Crippen molar-refractivity contribution >= 4 is 28.8 Å². The summed E-state index contributed by atoms with van der Waals surface area (Å²) in [6.45, 7) is 8.27. The number of carbonyl (C=O) groups excluding carboxylic acids is 2. The average Bonchev–Trinajstić information content (AvgIpc) is 3.14. The molecule has 0 saturated carbocycles. The van der Waals surface area contributed by atoms with E-state index in [1.165, 1.54) is 29.2 Å². The number of non-ortho nitro benzene ring substituents is 1. The molecule has 1 saturated heterocycles. The van der Waals surface area contributed by atoms with Crippen molar-refractivity contribution in [2.45, 2.75) is 45.6 Å². The first kappa shape index (κ1) is 24.9. The second-order valence-electron chi connectivity index (χ2n) is 9.54. The number of benzene rings is 3. The topological polar surface area (TPSA) is 101 Å². The third-order valence-corrected chi connectivity index (χ3v) is 6.53. The van der Waals surface area contributed by atoms with Crippen LogP contribution in [0.1, 0.15) is 67.8 Å². The van der Waals surface area contributed by atoms with E-state index in [-0.39, 0.29) is 16.8 Å². The van der Waals surface area contributed by atoms with Gasteiger partial charge in [-0.15, -0.1) is 0 Å². The second kappa shape index (κ2) is 9.77. The fourth-order valence-corrected chi connectivity index (χ4v) is 4.42. The number of ketones is 1. The molecular weight excluding hydrogens is 456 g/mol. The van der Waals surface area contributed by atoms with Gasteiger partial charge in [-0.05, 0) is 40.7 Å². The lowest BCUT2D eigenvalue weighted by Gasteiger charge is -2.26. The number of nitro benzene ring substituents is 1. The number of nitrogens with zero attached hydrogens (tertiary/aromatic N) is 2. The predicted molar refractivity (Wildman–Crippen MR) is 139 cm³/mol. The molecule has 1 aliphatic rings. The Balaban J connectivity index is 1.91. The van der Waals surface area contributed by atoms with Crippen molar-refractivity contribution in [2.75, 3.05) is 4.90 Å². The highest BCUT2D eigenvalue weighted by Crippen LogP contribution is 2.42. The summed E-state index contributed by atoms with van der Waals surface area (Å²) in [5, 5.41) is 22.5. The average molecular weight is 485 g/mol. The molecule has 0 spiro atoms. The third kappa shape index (κ3) is 4.52. The van der Waals surface area contributed by atoms with Gasteiger partial charge in [-0.3, -0.25) is 24.6 Å². The number of Topliss-reactive ketones (excluding diaryl/α,β-unsaturated/α-hetero) is 1. The summed E-state index contributed by atoms with van der Waals surface area (Å²) in [5.74, 6) is -1.47. The summed E-state index contributed by atoms with van der Waals surface area (Å²) in [4.78, 5) is 38.7. The van der Waals surface area contributed by atoms with E-state index < -0.39 is 28.4 Å². The van der Waals surface area contributed by atoms with Gasteiger partial charge in [0, 0.05) is 23.4 Å². The second-order valence-corrected chi connectivity index (χ2v) is 9.54. The van der Waals surface area contributed by atoms with Crippen molar-refractivity contribution in [2.24, 2.45) is 0 Å². The summed E-state index contributed by atoms with van der Waals surface area (Å²) >= 11 is 0. The molecule has 1 unspecified atom stereocenters. The summed E-state index contributed by atoms with van der Waals surface area (Å²) in [6.07, 6.45) is 0. The van der Waals surface area contributed by atoms with Crippen LogP contribution in [0.3, 0.4) is 0 Å².